The van der Waals surface area contributed by atoms with Crippen molar-refractivity contribution in [2.24, 2.45) is 0 Å². The van der Waals surface area contributed by atoms with Crippen LogP contribution in [0.4, 0.5) is 5.82 Å². The molecule has 23 heavy (non-hydrogen) atoms. The summed E-state index contributed by atoms with van der Waals surface area (Å²) in [6.45, 7) is 4.66. The number of ether oxygens (including phenoxy) is 1. The second-order valence-electron chi connectivity index (χ2n) is 6.70. The van der Waals surface area contributed by atoms with Gasteiger partial charge in [-0.25, -0.2) is 9.78 Å². The molecule has 1 saturated carbocycles. The zero-order valence-electron chi connectivity index (χ0n) is 13.7. The number of anilines is 1. The highest BCUT2D eigenvalue weighted by Gasteiger charge is 2.34. The number of hydrogen-bond donors (Lipinski definition) is 0. The third-order valence-electron chi connectivity index (χ3n) is 4.78. The molecule has 0 spiro atoms. The largest absolute Gasteiger partial charge is 0.458 e. The molecule has 0 aromatic carbocycles. The average Bonchev–Trinajstić information content (AvgIpc) is 3.24. The lowest BCUT2D eigenvalue weighted by atomic mass is 10.2. The van der Waals surface area contributed by atoms with Crippen LogP contribution in [0.2, 0.25) is 0 Å². The molecule has 0 saturated heterocycles. The van der Waals surface area contributed by atoms with E-state index in [4.69, 9.17) is 4.74 Å². The Morgan fingerprint density at radius 1 is 1.35 bits per heavy atom. The van der Waals surface area contributed by atoms with E-state index in [0.29, 0.717) is 17.4 Å². The first kappa shape index (κ1) is 14.5. The molecule has 1 aliphatic carbocycles. The van der Waals surface area contributed by atoms with Crippen LogP contribution in [0.3, 0.4) is 0 Å². The molecule has 6 heteroatoms. The lowest BCUT2D eigenvalue weighted by Crippen LogP contribution is -2.32. The Labute approximate surface area is 135 Å². The molecule has 0 unspecified atom stereocenters. The van der Waals surface area contributed by atoms with E-state index in [-0.39, 0.29) is 12.1 Å². The van der Waals surface area contributed by atoms with Gasteiger partial charge in [0.25, 0.3) is 0 Å². The van der Waals surface area contributed by atoms with Crippen LogP contribution in [0, 0.1) is 0 Å². The summed E-state index contributed by atoms with van der Waals surface area (Å²) in [4.78, 5) is 19.4. The maximum atomic E-state index is 12.5. The molecule has 1 fully saturated rings. The van der Waals surface area contributed by atoms with Crippen molar-refractivity contribution in [1.82, 2.24) is 14.6 Å². The molecule has 2 aromatic heterocycles. The van der Waals surface area contributed by atoms with Crippen molar-refractivity contribution in [3.05, 3.63) is 23.5 Å². The fourth-order valence-electron chi connectivity index (χ4n) is 3.83. The molecule has 0 radical (unpaired) electrons. The van der Waals surface area contributed by atoms with Gasteiger partial charge in [-0.3, -0.25) is 0 Å². The molecule has 0 atom stereocenters. The number of carbonyl (C=O) groups is 1. The van der Waals surface area contributed by atoms with E-state index in [0.717, 1.165) is 24.3 Å². The lowest BCUT2D eigenvalue weighted by Gasteiger charge is -2.27. The molecule has 122 valence electrons. The van der Waals surface area contributed by atoms with Crippen LogP contribution in [-0.4, -0.2) is 39.3 Å². The quantitative estimate of drug-likeness (QED) is 0.815. The van der Waals surface area contributed by atoms with Crippen LogP contribution in [0.25, 0.3) is 5.65 Å². The van der Waals surface area contributed by atoms with Crippen LogP contribution in [0.15, 0.2) is 12.3 Å². The molecular weight excluding hydrogens is 292 g/mol. The zero-order chi connectivity index (χ0) is 16.0. The fourth-order valence-corrected chi connectivity index (χ4v) is 3.83. The molecule has 1 aliphatic heterocycles. The monoisotopic (exact) mass is 314 g/mol. The number of hydrogen-bond acceptors (Lipinski definition) is 5. The summed E-state index contributed by atoms with van der Waals surface area (Å²) in [5.41, 5.74) is 2.16. The Morgan fingerprint density at radius 3 is 2.87 bits per heavy atom. The summed E-state index contributed by atoms with van der Waals surface area (Å²) in [6, 6.07) is 2.40. The predicted molar refractivity (Wildman–Crippen MR) is 86.8 cm³/mol. The van der Waals surface area contributed by atoms with Crippen LogP contribution in [-0.2, 0) is 11.2 Å². The van der Waals surface area contributed by atoms with Crippen molar-refractivity contribution in [2.45, 2.75) is 58.1 Å². The molecule has 6 nitrogen and oxygen atoms in total. The zero-order valence-corrected chi connectivity index (χ0v) is 13.7. The van der Waals surface area contributed by atoms with Gasteiger partial charge in [-0.15, -0.1) is 0 Å². The molecule has 0 bridgehead atoms. The van der Waals surface area contributed by atoms with E-state index >= 15 is 0 Å². The third-order valence-corrected chi connectivity index (χ3v) is 4.78. The van der Waals surface area contributed by atoms with Crippen molar-refractivity contribution in [2.75, 3.05) is 11.4 Å². The molecule has 2 aromatic rings. The summed E-state index contributed by atoms with van der Waals surface area (Å²) in [7, 11) is 0. The number of nitrogens with zero attached hydrogens (tertiary/aromatic N) is 4. The Bertz CT molecular complexity index is 746. The molecule has 4 rings (SSSR count). The summed E-state index contributed by atoms with van der Waals surface area (Å²) in [5.74, 6) is 0.718. The van der Waals surface area contributed by atoms with E-state index in [1.54, 1.807) is 6.20 Å². The minimum Gasteiger partial charge on any atom is -0.458 e. The molecule has 3 heterocycles. The minimum atomic E-state index is -0.326. The van der Waals surface area contributed by atoms with Crippen LogP contribution >= 0.6 is 0 Å². The Morgan fingerprint density at radius 2 is 2.13 bits per heavy atom. The normalized spacial score (nSPS) is 18.1. The minimum absolute atomic E-state index is 0.145. The second kappa shape index (κ2) is 5.51. The van der Waals surface area contributed by atoms with Crippen molar-refractivity contribution in [1.29, 1.82) is 0 Å². The molecule has 0 amide bonds. The number of esters is 1. The summed E-state index contributed by atoms with van der Waals surface area (Å²) in [5, 5.41) is 4.43. The van der Waals surface area contributed by atoms with E-state index < -0.39 is 0 Å². The lowest BCUT2D eigenvalue weighted by molar-refractivity contribution is 0.0370. The van der Waals surface area contributed by atoms with Gasteiger partial charge in [-0.05, 0) is 33.1 Å². The number of aromatic nitrogens is 3. The molecule has 2 aliphatic rings. The van der Waals surface area contributed by atoms with Gasteiger partial charge in [0.15, 0.2) is 11.3 Å². The Kier molecular flexibility index (Phi) is 3.47. The summed E-state index contributed by atoms with van der Waals surface area (Å²) < 4.78 is 7.28. The van der Waals surface area contributed by atoms with Crippen molar-refractivity contribution < 1.29 is 9.53 Å². The van der Waals surface area contributed by atoms with E-state index in [1.807, 2.05) is 24.4 Å². The highest BCUT2D eigenvalue weighted by molar-refractivity contribution is 5.92. The topological polar surface area (TPSA) is 59.7 Å². The first-order chi connectivity index (χ1) is 11.1. The first-order valence-corrected chi connectivity index (χ1v) is 8.49. The predicted octanol–water partition coefficient (Wildman–Crippen LogP) is 2.60. The number of fused-ring (bicyclic) bond motifs is 3. The van der Waals surface area contributed by atoms with E-state index in [1.165, 1.54) is 25.7 Å². The number of rotatable bonds is 3. The van der Waals surface area contributed by atoms with Gasteiger partial charge >= 0.3 is 5.97 Å². The van der Waals surface area contributed by atoms with Gasteiger partial charge in [0, 0.05) is 24.2 Å². The summed E-state index contributed by atoms with van der Waals surface area (Å²) in [6.07, 6.45) is 7.43. The third kappa shape index (κ3) is 2.36. The fraction of sp³-hybridized carbons (Fsp3) is 0.588. The van der Waals surface area contributed by atoms with Gasteiger partial charge in [-0.2, -0.15) is 9.61 Å². The van der Waals surface area contributed by atoms with Crippen LogP contribution in [0.5, 0.6) is 0 Å². The van der Waals surface area contributed by atoms with Gasteiger partial charge < -0.3 is 9.64 Å². The average molecular weight is 314 g/mol. The molecular formula is C17H22N4O2. The Balaban J connectivity index is 1.83. The van der Waals surface area contributed by atoms with Gasteiger partial charge in [0.2, 0.25) is 0 Å². The maximum absolute atomic E-state index is 12.5. The van der Waals surface area contributed by atoms with Crippen molar-refractivity contribution in [3.8, 4) is 0 Å². The SMILES string of the molecule is CC(C)OC(=O)c1nc2ccnn2c2c1CCN2C1CCCC1. The molecule has 0 N–H and O–H groups in total. The van der Waals surface area contributed by atoms with Gasteiger partial charge in [0.05, 0.1) is 12.3 Å². The standard InChI is InChI=1S/C17H22N4O2/c1-11(2)23-17(22)15-13-8-10-20(12-5-3-4-6-12)16(13)21-14(19-15)7-9-18-21/h7,9,11-12H,3-6,8,10H2,1-2H3. The van der Waals surface area contributed by atoms with Crippen molar-refractivity contribution in [3.63, 3.8) is 0 Å². The van der Waals surface area contributed by atoms with Crippen molar-refractivity contribution >= 4 is 17.4 Å². The summed E-state index contributed by atoms with van der Waals surface area (Å²) >= 11 is 0. The maximum Gasteiger partial charge on any atom is 0.357 e. The number of carbonyl (C=O) groups excluding carboxylic acids is 1. The second-order valence-corrected chi connectivity index (χ2v) is 6.70. The van der Waals surface area contributed by atoms with Crippen LogP contribution in [0.1, 0.15) is 55.6 Å². The van der Waals surface area contributed by atoms with Gasteiger partial charge in [-0.1, -0.05) is 12.8 Å². The highest BCUT2D eigenvalue weighted by atomic mass is 16.5. The smallest absolute Gasteiger partial charge is 0.357 e. The van der Waals surface area contributed by atoms with E-state index in [9.17, 15) is 4.79 Å². The highest BCUT2D eigenvalue weighted by Crippen LogP contribution is 2.36. The Hall–Kier alpha value is -2.11. The van der Waals surface area contributed by atoms with E-state index in [2.05, 4.69) is 15.0 Å². The van der Waals surface area contributed by atoms with Gasteiger partial charge in [0.1, 0.15) is 5.82 Å². The van der Waals surface area contributed by atoms with Crippen LogP contribution < -0.4 is 4.90 Å². The first-order valence-electron chi connectivity index (χ1n) is 8.49.